The van der Waals surface area contributed by atoms with Crippen LogP contribution in [-0.2, 0) is 34.4 Å². The molecule has 10 heteroatoms. The zero-order valence-corrected chi connectivity index (χ0v) is 19.7. The Balaban J connectivity index is 1.71. The molecule has 3 aromatic rings. The van der Waals surface area contributed by atoms with Gasteiger partial charge in [-0.1, -0.05) is 43.3 Å². The highest BCUT2D eigenvalue weighted by molar-refractivity contribution is 7.87. The molecule has 1 atom stereocenters. The molecule has 8 nitrogen and oxygen atoms in total. The van der Waals surface area contributed by atoms with Gasteiger partial charge in [0, 0.05) is 17.4 Å². The van der Waals surface area contributed by atoms with E-state index in [0.29, 0.717) is 18.4 Å². The summed E-state index contributed by atoms with van der Waals surface area (Å²) in [4.78, 5) is 28.6. The van der Waals surface area contributed by atoms with Crippen LogP contribution in [0.3, 0.4) is 0 Å². The molecule has 0 unspecified atom stereocenters. The number of amides is 1. The van der Waals surface area contributed by atoms with Crippen molar-refractivity contribution in [3.63, 3.8) is 0 Å². The Morgan fingerprint density at radius 3 is 2.55 bits per heavy atom. The molecule has 3 rings (SSSR count). The number of carbonyl (C=O) groups is 2. The molecule has 174 valence electrons. The summed E-state index contributed by atoms with van der Waals surface area (Å²) in [6.07, 6.45) is 2.71. The second kappa shape index (κ2) is 11.2. The highest BCUT2D eigenvalue weighted by atomic mass is 32.2. The van der Waals surface area contributed by atoms with E-state index in [0.717, 1.165) is 34.5 Å². The maximum Gasteiger partial charge on any atom is 0.357 e. The fourth-order valence-electron chi connectivity index (χ4n) is 3.33. The highest BCUT2D eigenvalue weighted by Gasteiger charge is 2.19. The first kappa shape index (κ1) is 24.6. The molecule has 0 aliphatic carbocycles. The molecule has 1 aromatic heterocycles. The monoisotopic (exact) mass is 487 g/mol. The largest absolute Gasteiger partial charge is 0.357 e. The van der Waals surface area contributed by atoms with Gasteiger partial charge in [-0.3, -0.25) is 18.9 Å². The van der Waals surface area contributed by atoms with Gasteiger partial charge in [-0.05, 0) is 42.5 Å². The molecule has 3 N–H and O–H groups in total. The second-order valence-corrected chi connectivity index (χ2v) is 9.49. The van der Waals surface area contributed by atoms with Crippen molar-refractivity contribution in [2.45, 2.75) is 38.6 Å². The smallest absolute Gasteiger partial charge is 0.347 e. The number of anilines is 1. The number of aldehydes is 1. The second-order valence-electron chi connectivity index (χ2n) is 7.45. The van der Waals surface area contributed by atoms with Crippen LogP contribution in [0.1, 0.15) is 51.6 Å². The third-order valence-electron chi connectivity index (χ3n) is 5.01. The van der Waals surface area contributed by atoms with Gasteiger partial charge in [0.25, 0.3) is 0 Å². The van der Waals surface area contributed by atoms with E-state index in [9.17, 15) is 18.0 Å². The Hall–Kier alpha value is -3.08. The number of hydrogen-bond donors (Lipinski definition) is 3. The average Bonchev–Trinajstić information content (AvgIpc) is 3.27. The number of aryl methyl sites for hydroxylation is 2. The van der Waals surface area contributed by atoms with Gasteiger partial charge in [-0.2, -0.15) is 8.42 Å². The van der Waals surface area contributed by atoms with Crippen molar-refractivity contribution in [2.24, 2.45) is 0 Å². The molecule has 2 aromatic carbocycles. The minimum Gasteiger partial charge on any atom is -0.347 e. The molecular weight excluding hydrogens is 462 g/mol. The first-order valence-corrected chi connectivity index (χ1v) is 12.7. The zero-order valence-electron chi connectivity index (χ0n) is 18.0. The summed E-state index contributed by atoms with van der Waals surface area (Å²) in [6.45, 7) is 2.01. The third-order valence-corrected chi connectivity index (χ3v) is 6.51. The molecule has 1 amide bonds. The van der Waals surface area contributed by atoms with E-state index in [1.54, 1.807) is 24.3 Å². The molecule has 0 spiro atoms. The van der Waals surface area contributed by atoms with E-state index >= 15 is 0 Å². The summed E-state index contributed by atoms with van der Waals surface area (Å²) in [7, 11) is -4.34. The van der Waals surface area contributed by atoms with Crippen molar-refractivity contribution in [2.75, 3.05) is 4.72 Å². The van der Waals surface area contributed by atoms with Crippen LogP contribution in [0, 0.1) is 0 Å². The average molecular weight is 488 g/mol. The number of carbonyl (C=O) groups excluding carboxylic acids is 2. The van der Waals surface area contributed by atoms with Crippen molar-refractivity contribution >= 4 is 39.5 Å². The standard InChI is InChI=1S/C23H25N3O5S2/c1-2-19-15-32-23(24-19)21(13-16-7-10-20(11-8-16)26-33(29,30)31)25-22(28)12-9-17-5-3-4-6-18(17)14-27/h3-8,10-11,14-15,21,26H,2,9,12-13H2,1H3,(H,25,28)(H,29,30,31)/t21-/m0/s1. The van der Waals surface area contributed by atoms with Crippen LogP contribution in [0.4, 0.5) is 5.69 Å². The molecule has 0 fully saturated rings. The summed E-state index contributed by atoms with van der Waals surface area (Å²) in [5.41, 5.74) is 3.44. The van der Waals surface area contributed by atoms with Crippen LogP contribution >= 0.6 is 11.3 Å². The topological polar surface area (TPSA) is 125 Å². The van der Waals surface area contributed by atoms with Crippen LogP contribution in [0.15, 0.2) is 53.9 Å². The summed E-state index contributed by atoms with van der Waals surface area (Å²) < 4.78 is 32.9. The predicted octanol–water partition coefficient (Wildman–Crippen LogP) is 3.77. The van der Waals surface area contributed by atoms with E-state index in [2.05, 4.69) is 10.3 Å². The fraction of sp³-hybridized carbons (Fsp3) is 0.261. The lowest BCUT2D eigenvalue weighted by atomic mass is 10.0. The van der Waals surface area contributed by atoms with E-state index in [1.807, 2.05) is 29.2 Å². The number of nitrogens with zero attached hydrogens (tertiary/aromatic N) is 1. The number of aromatic nitrogens is 1. The van der Waals surface area contributed by atoms with E-state index in [4.69, 9.17) is 4.55 Å². The molecule has 0 radical (unpaired) electrons. The highest BCUT2D eigenvalue weighted by Crippen LogP contribution is 2.24. The van der Waals surface area contributed by atoms with Crippen molar-refractivity contribution in [3.8, 4) is 0 Å². The van der Waals surface area contributed by atoms with Crippen LogP contribution in [-0.4, -0.2) is 30.1 Å². The van der Waals surface area contributed by atoms with Gasteiger partial charge >= 0.3 is 10.3 Å². The first-order valence-electron chi connectivity index (χ1n) is 10.4. The Morgan fingerprint density at radius 2 is 1.91 bits per heavy atom. The summed E-state index contributed by atoms with van der Waals surface area (Å²) in [6, 6.07) is 13.4. The number of hydrogen-bond acceptors (Lipinski definition) is 6. The van der Waals surface area contributed by atoms with Crippen LogP contribution in [0.5, 0.6) is 0 Å². The van der Waals surface area contributed by atoms with Gasteiger partial charge in [-0.25, -0.2) is 4.98 Å². The van der Waals surface area contributed by atoms with Crippen LogP contribution in [0.25, 0.3) is 0 Å². The Bertz CT molecular complexity index is 1210. The van der Waals surface area contributed by atoms with E-state index in [1.165, 1.54) is 23.5 Å². The summed E-state index contributed by atoms with van der Waals surface area (Å²) >= 11 is 1.48. The van der Waals surface area contributed by atoms with Gasteiger partial charge in [0.2, 0.25) is 5.91 Å². The normalized spacial score (nSPS) is 12.2. The van der Waals surface area contributed by atoms with Crippen molar-refractivity contribution in [3.05, 3.63) is 81.3 Å². The van der Waals surface area contributed by atoms with Crippen LogP contribution in [0.2, 0.25) is 0 Å². The molecule has 1 heterocycles. The summed E-state index contributed by atoms with van der Waals surface area (Å²) in [5, 5.41) is 5.80. The molecule has 0 aliphatic rings. The Kier molecular flexibility index (Phi) is 8.32. The maximum atomic E-state index is 12.8. The quantitative estimate of drug-likeness (QED) is 0.279. The van der Waals surface area contributed by atoms with Crippen LogP contribution < -0.4 is 10.0 Å². The molecular formula is C23H25N3O5S2. The van der Waals surface area contributed by atoms with Gasteiger partial charge in [-0.15, -0.1) is 11.3 Å². The lowest BCUT2D eigenvalue weighted by molar-refractivity contribution is -0.121. The molecule has 33 heavy (non-hydrogen) atoms. The van der Waals surface area contributed by atoms with Crippen molar-refractivity contribution < 1.29 is 22.6 Å². The van der Waals surface area contributed by atoms with Crippen molar-refractivity contribution in [1.29, 1.82) is 0 Å². The first-order chi connectivity index (χ1) is 15.8. The number of rotatable bonds is 11. The maximum absolute atomic E-state index is 12.8. The van der Waals surface area contributed by atoms with Gasteiger partial charge < -0.3 is 5.32 Å². The van der Waals surface area contributed by atoms with Gasteiger partial charge in [0.05, 0.1) is 17.4 Å². The van der Waals surface area contributed by atoms with E-state index in [-0.39, 0.29) is 24.1 Å². The Morgan fingerprint density at radius 1 is 1.18 bits per heavy atom. The lowest BCUT2D eigenvalue weighted by Crippen LogP contribution is -2.30. The van der Waals surface area contributed by atoms with Crippen molar-refractivity contribution in [1.82, 2.24) is 10.3 Å². The minimum absolute atomic E-state index is 0.154. The number of benzene rings is 2. The minimum atomic E-state index is -4.34. The fourth-order valence-corrected chi connectivity index (χ4v) is 4.72. The molecule has 0 aliphatic heterocycles. The molecule has 0 saturated heterocycles. The van der Waals surface area contributed by atoms with Gasteiger partial charge in [0.1, 0.15) is 11.3 Å². The van der Waals surface area contributed by atoms with E-state index < -0.39 is 10.3 Å². The summed E-state index contributed by atoms with van der Waals surface area (Å²) in [5.74, 6) is -0.154. The zero-order chi connectivity index (χ0) is 23.8. The molecule has 0 saturated carbocycles. The number of nitrogens with one attached hydrogen (secondary N) is 2. The molecule has 0 bridgehead atoms. The predicted molar refractivity (Wildman–Crippen MR) is 128 cm³/mol. The number of thiazole rings is 1. The Labute approximate surface area is 197 Å². The lowest BCUT2D eigenvalue weighted by Gasteiger charge is -2.17. The SMILES string of the molecule is CCc1csc([C@H](Cc2ccc(NS(=O)(=O)O)cc2)NC(=O)CCc2ccccc2C=O)n1. The van der Waals surface area contributed by atoms with Gasteiger partial charge in [0.15, 0.2) is 0 Å². The third kappa shape index (κ3) is 7.48.